The fourth-order valence-corrected chi connectivity index (χ4v) is 3.15. The molecule has 2 atom stereocenters. The number of nitrogens with zero attached hydrogens (tertiary/aromatic N) is 5. The molecule has 2 unspecified atom stereocenters. The summed E-state index contributed by atoms with van der Waals surface area (Å²) in [5.74, 6) is -0.848. The number of amides is 1. The number of aromatic nitrogens is 4. The van der Waals surface area contributed by atoms with Crippen LogP contribution in [0.5, 0.6) is 0 Å². The minimum Gasteiger partial charge on any atom is -0.444 e. The number of piperidine rings is 1. The highest BCUT2D eigenvalue weighted by Gasteiger charge is 2.37. The fourth-order valence-electron chi connectivity index (χ4n) is 3.15. The van der Waals surface area contributed by atoms with Gasteiger partial charge in [-0.2, -0.15) is 22.7 Å². The van der Waals surface area contributed by atoms with E-state index in [9.17, 15) is 18.0 Å². The molecule has 0 aromatic carbocycles. The molecule has 2 aromatic heterocycles. The maximum Gasteiger partial charge on any atom is 0.453 e. The molecular weight excluding hydrogens is 389 g/mol. The number of halogens is 3. The first kappa shape index (κ1) is 21.1. The van der Waals surface area contributed by atoms with Crippen LogP contribution in [-0.4, -0.2) is 55.3 Å². The van der Waals surface area contributed by atoms with Crippen molar-refractivity contribution in [1.29, 1.82) is 0 Å². The predicted molar refractivity (Wildman–Crippen MR) is 99.5 cm³/mol. The van der Waals surface area contributed by atoms with Gasteiger partial charge in [-0.05, 0) is 40.0 Å². The van der Waals surface area contributed by atoms with Gasteiger partial charge in [-0.25, -0.2) is 9.78 Å². The number of ether oxygens (including phenoxy) is 1. The number of hydrogen-bond acceptors (Lipinski definition) is 6. The van der Waals surface area contributed by atoms with E-state index in [-0.39, 0.29) is 17.7 Å². The summed E-state index contributed by atoms with van der Waals surface area (Å²) in [6.07, 6.45) is -4.34. The molecule has 0 spiro atoms. The second-order valence-corrected chi connectivity index (χ2v) is 8.37. The van der Waals surface area contributed by atoms with Crippen LogP contribution in [0.3, 0.4) is 0 Å². The van der Waals surface area contributed by atoms with Gasteiger partial charge >= 0.3 is 12.3 Å². The number of anilines is 1. The second kappa shape index (κ2) is 7.34. The third-order valence-corrected chi connectivity index (χ3v) is 4.64. The molecule has 1 amide bonds. The number of hydrogen-bond donors (Lipinski definition) is 1. The van der Waals surface area contributed by atoms with Crippen LogP contribution in [0.15, 0.2) is 6.07 Å². The normalized spacial score (nSPS) is 20.8. The number of fused-ring (bicyclic) bond motifs is 1. The Morgan fingerprint density at radius 2 is 1.97 bits per heavy atom. The zero-order valence-corrected chi connectivity index (χ0v) is 17.0. The molecule has 0 bridgehead atoms. The maximum atomic E-state index is 13.0. The van der Waals surface area contributed by atoms with Crippen molar-refractivity contribution in [2.45, 2.75) is 58.9 Å². The molecule has 1 aliphatic rings. The molecule has 3 heterocycles. The molecule has 1 fully saturated rings. The average molecular weight is 414 g/mol. The van der Waals surface area contributed by atoms with Gasteiger partial charge in [0.05, 0.1) is 0 Å². The summed E-state index contributed by atoms with van der Waals surface area (Å²) in [5.41, 5.74) is -0.0970. The van der Waals surface area contributed by atoms with Gasteiger partial charge in [0.25, 0.3) is 11.6 Å². The van der Waals surface area contributed by atoms with Crippen molar-refractivity contribution in [3.63, 3.8) is 0 Å². The fraction of sp³-hybridized carbons (Fsp3) is 0.667. The Balaban J connectivity index is 1.85. The first-order valence-electron chi connectivity index (χ1n) is 9.39. The van der Waals surface area contributed by atoms with Crippen molar-refractivity contribution >= 4 is 17.7 Å². The zero-order valence-electron chi connectivity index (χ0n) is 17.0. The van der Waals surface area contributed by atoms with Crippen molar-refractivity contribution in [1.82, 2.24) is 24.5 Å². The average Bonchev–Trinajstić information content (AvgIpc) is 2.99. The van der Waals surface area contributed by atoms with Crippen LogP contribution in [0.2, 0.25) is 0 Å². The maximum absolute atomic E-state index is 13.0. The molecule has 1 aliphatic heterocycles. The zero-order chi connectivity index (χ0) is 21.6. The largest absolute Gasteiger partial charge is 0.453 e. The number of nitrogens with one attached hydrogen (secondary N) is 1. The third kappa shape index (κ3) is 4.88. The number of alkyl halides is 3. The minimum absolute atomic E-state index is 0.132. The van der Waals surface area contributed by atoms with E-state index in [1.807, 2.05) is 6.92 Å². The molecule has 0 aliphatic carbocycles. The van der Waals surface area contributed by atoms with E-state index >= 15 is 0 Å². The van der Waals surface area contributed by atoms with Crippen LogP contribution in [0.25, 0.3) is 5.78 Å². The van der Waals surface area contributed by atoms with E-state index in [0.717, 1.165) is 10.9 Å². The highest BCUT2D eigenvalue weighted by Crippen LogP contribution is 2.28. The Morgan fingerprint density at radius 1 is 1.28 bits per heavy atom. The summed E-state index contributed by atoms with van der Waals surface area (Å²) in [4.78, 5) is 21.5. The van der Waals surface area contributed by atoms with Crippen LogP contribution >= 0.6 is 0 Å². The van der Waals surface area contributed by atoms with Gasteiger partial charge in [-0.1, -0.05) is 6.92 Å². The number of aryl methyl sites for hydroxylation is 1. The Morgan fingerprint density at radius 3 is 2.59 bits per heavy atom. The predicted octanol–water partition coefficient (Wildman–Crippen LogP) is 3.51. The van der Waals surface area contributed by atoms with Crippen LogP contribution in [0.1, 0.15) is 45.6 Å². The lowest BCUT2D eigenvalue weighted by molar-refractivity contribution is -0.144. The van der Waals surface area contributed by atoms with Crippen LogP contribution in [0.4, 0.5) is 23.8 Å². The van der Waals surface area contributed by atoms with Gasteiger partial charge < -0.3 is 15.0 Å². The molecule has 160 valence electrons. The SMILES string of the molecule is Cc1cc(NC2CN(C(=O)OC(C)(C)C)CCC2C)n2nc(C(F)(F)F)nc2n1. The highest BCUT2D eigenvalue weighted by atomic mass is 19.4. The van der Waals surface area contributed by atoms with E-state index < -0.39 is 23.7 Å². The van der Waals surface area contributed by atoms with Gasteiger partial charge in [0.1, 0.15) is 11.4 Å². The minimum atomic E-state index is -4.66. The van der Waals surface area contributed by atoms with Crippen LogP contribution in [-0.2, 0) is 10.9 Å². The quantitative estimate of drug-likeness (QED) is 0.810. The molecule has 2 aromatic rings. The Labute approximate surface area is 166 Å². The topological polar surface area (TPSA) is 84.7 Å². The van der Waals surface area contributed by atoms with Gasteiger partial charge in [0, 0.05) is 30.9 Å². The van der Waals surface area contributed by atoms with Gasteiger partial charge in [-0.3, -0.25) is 0 Å². The smallest absolute Gasteiger partial charge is 0.444 e. The lowest BCUT2D eigenvalue weighted by atomic mass is 9.93. The first-order chi connectivity index (χ1) is 13.3. The van der Waals surface area contributed by atoms with Gasteiger partial charge in [0.15, 0.2) is 0 Å². The molecule has 1 N–H and O–H groups in total. The number of rotatable bonds is 2. The molecule has 11 heteroatoms. The van der Waals surface area contributed by atoms with E-state index in [0.29, 0.717) is 24.6 Å². The molecule has 1 saturated heterocycles. The number of carbonyl (C=O) groups is 1. The van der Waals surface area contributed by atoms with Crippen molar-refractivity contribution in [3.8, 4) is 0 Å². The molecule has 0 saturated carbocycles. The molecule has 0 radical (unpaired) electrons. The highest BCUT2D eigenvalue weighted by molar-refractivity contribution is 5.68. The second-order valence-electron chi connectivity index (χ2n) is 8.37. The third-order valence-electron chi connectivity index (χ3n) is 4.64. The first-order valence-corrected chi connectivity index (χ1v) is 9.39. The Hall–Kier alpha value is -2.59. The van der Waals surface area contributed by atoms with E-state index in [1.54, 1.807) is 38.7 Å². The summed E-state index contributed by atoms with van der Waals surface area (Å²) < 4.78 is 45.5. The van der Waals surface area contributed by atoms with Crippen molar-refractivity contribution in [3.05, 3.63) is 17.6 Å². The standard InChI is InChI=1S/C18H25F3N6O2/c1-10-6-7-26(16(28)29-17(3,4)5)9-12(10)23-13-8-11(2)22-15-24-14(18(19,20)21)25-27(13)15/h8,10,12,23H,6-7,9H2,1-5H3. The van der Waals surface area contributed by atoms with Crippen molar-refractivity contribution < 1.29 is 22.7 Å². The van der Waals surface area contributed by atoms with Crippen LogP contribution in [0, 0.1) is 12.8 Å². The summed E-state index contributed by atoms with van der Waals surface area (Å²) >= 11 is 0. The number of likely N-dealkylation sites (tertiary alicyclic amines) is 1. The lowest BCUT2D eigenvalue weighted by Gasteiger charge is -2.38. The Kier molecular flexibility index (Phi) is 5.35. The summed E-state index contributed by atoms with van der Waals surface area (Å²) in [6.45, 7) is 10.0. The molecule has 29 heavy (non-hydrogen) atoms. The lowest BCUT2D eigenvalue weighted by Crippen LogP contribution is -2.50. The van der Waals surface area contributed by atoms with E-state index in [2.05, 4.69) is 20.4 Å². The van der Waals surface area contributed by atoms with Gasteiger partial charge in [-0.15, -0.1) is 5.10 Å². The molecular formula is C18H25F3N6O2. The number of carbonyl (C=O) groups excluding carboxylic acids is 1. The van der Waals surface area contributed by atoms with E-state index in [4.69, 9.17) is 4.74 Å². The monoisotopic (exact) mass is 414 g/mol. The molecule has 8 nitrogen and oxygen atoms in total. The van der Waals surface area contributed by atoms with Crippen molar-refractivity contribution in [2.24, 2.45) is 5.92 Å². The molecule has 3 rings (SSSR count). The van der Waals surface area contributed by atoms with Crippen molar-refractivity contribution in [2.75, 3.05) is 18.4 Å². The summed E-state index contributed by atoms with van der Waals surface area (Å²) in [7, 11) is 0. The van der Waals surface area contributed by atoms with Gasteiger partial charge in [0.2, 0.25) is 0 Å². The summed E-state index contributed by atoms with van der Waals surface area (Å²) in [6, 6.07) is 1.42. The summed E-state index contributed by atoms with van der Waals surface area (Å²) in [5, 5.41) is 6.80. The van der Waals surface area contributed by atoms with E-state index in [1.165, 1.54) is 0 Å². The Bertz CT molecular complexity index is 905. The van der Waals surface area contributed by atoms with Crippen LogP contribution < -0.4 is 5.32 Å².